The Morgan fingerprint density at radius 3 is 2.25 bits per heavy atom. The van der Waals surface area contributed by atoms with Crippen molar-refractivity contribution < 1.29 is 18.7 Å². The van der Waals surface area contributed by atoms with E-state index in [1.807, 2.05) is 0 Å². The zero-order chi connectivity index (χ0) is 17.3. The van der Waals surface area contributed by atoms with Gasteiger partial charge in [-0.2, -0.15) is 0 Å². The summed E-state index contributed by atoms with van der Waals surface area (Å²) in [7, 11) is 0. The second-order valence-electron chi connectivity index (χ2n) is 5.27. The number of carbonyl (C=O) groups is 1. The van der Waals surface area contributed by atoms with Gasteiger partial charge in [-0.05, 0) is 41.6 Å². The summed E-state index contributed by atoms with van der Waals surface area (Å²) in [5.41, 5.74) is 1.01. The number of rotatable bonds is 2. The first kappa shape index (κ1) is 16.4. The lowest BCUT2D eigenvalue weighted by atomic mass is 9.94. The fourth-order valence-corrected chi connectivity index (χ4v) is 3.44. The largest absolute Gasteiger partial charge is 0.465 e. The zero-order valence-electron chi connectivity index (χ0n) is 12.7. The number of hydrogen-bond donors (Lipinski definition) is 1. The number of carboxylic acid groups (broad SMARTS) is 1. The van der Waals surface area contributed by atoms with Gasteiger partial charge in [0, 0.05) is 0 Å². The maximum absolute atomic E-state index is 13.7. The van der Waals surface area contributed by atoms with Crippen LogP contribution in [-0.4, -0.2) is 27.5 Å². The number of amides is 1. The smallest absolute Gasteiger partial charge is 0.414 e. The highest BCUT2D eigenvalue weighted by atomic mass is 32.2. The summed E-state index contributed by atoms with van der Waals surface area (Å²) >= 11 is 1.18. The Morgan fingerprint density at radius 2 is 1.71 bits per heavy atom. The van der Waals surface area contributed by atoms with Gasteiger partial charge in [0.25, 0.3) is 0 Å². The van der Waals surface area contributed by atoms with E-state index in [2.05, 4.69) is 4.99 Å². The Balaban J connectivity index is 2.13. The molecule has 24 heavy (non-hydrogen) atoms. The summed E-state index contributed by atoms with van der Waals surface area (Å²) in [6.45, 7) is 0. The van der Waals surface area contributed by atoms with Crippen LogP contribution >= 0.6 is 11.8 Å². The molecular weight excluding hydrogens is 334 g/mol. The molecule has 1 amide bonds. The third-order valence-corrected chi connectivity index (χ3v) is 4.47. The molecule has 0 unspecified atom stereocenters. The maximum Gasteiger partial charge on any atom is 0.414 e. The van der Waals surface area contributed by atoms with E-state index in [0.29, 0.717) is 16.3 Å². The summed E-state index contributed by atoms with van der Waals surface area (Å²) in [5.74, 6) is -0.895. The number of aliphatic imine (C=N–C) groups is 1. The molecular formula is C17H14F2N2O2S. The standard InChI is InChI=1S/C17H14F2N2O2S/c1-24-16-20-14(10-4-2-6-12(18)8-10)15(21(16)17(22)23)11-5-3-7-13(19)9-11/h2-9,14-15H,1H3,(H,22,23)/t14-,15+/m1/s1. The molecule has 3 rings (SSSR count). The highest BCUT2D eigenvalue weighted by molar-refractivity contribution is 8.13. The van der Waals surface area contributed by atoms with Crippen molar-refractivity contribution in [2.45, 2.75) is 12.1 Å². The van der Waals surface area contributed by atoms with Crippen LogP contribution in [0.5, 0.6) is 0 Å². The van der Waals surface area contributed by atoms with Gasteiger partial charge >= 0.3 is 6.09 Å². The predicted molar refractivity (Wildman–Crippen MR) is 89.1 cm³/mol. The van der Waals surface area contributed by atoms with Crippen molar-refractivity contribution in [1.82, 2.24) is 4.90 Å². The first-order chi connectivity index (χ1) is 11.5. The van der Waals surface area contributed by atoms with Crippen LogP contribution in [0.2, 0.25) is 0 Å². The van der Waals surface area contributed by atoms with Gasteiger partial charge in [-0.1, -0.05) is 36.0 Å². The van der Waals surface area contributed by atoms with Crippen LogP contribution in [0.15, 0.2) is 53.5 Å². The Morgan fingerprint density at radius 1 is 1.12 bits per heavy atom. The van der Waals surface area contributed by atoms with Crippen molar-refractivity contribution in [3.63, 3.8) is 0 Å². The molecule has 1 heterocycles. The SMILES string of the molecule is CSC1=N[C@H](c2cccc(F)c2)[C@H](c2cccc(F)c2)N1C(=O)O. The number of nitrogens with zero attached hydrogens (tertiary/aromatic N) is 2. The molecule has 0 aromatic heterocycles. The van der Waals surface area contributed by atoms with Gasteiger partial charge in [0.1, 0.15) is 17.7 Å². The van der Waals surface area contributed by atoms with Gasteiger partial charge < -0.3 is 5.11 Å². The highest BCUT2D eigenvalue weighted by Crippen LogP contribution is 2.44. The van der Waals surface area contributed by atoms with Crippen molar-refractivity contribution in [1.29, 1.82) is 0 Å². The van der Waals surface area contributed by atoms with Gasteiger partial charge in [-0.3, -0.25) is 4.99 Å². The molecule has 2 atom stereocenters. The Hall–Kier alpha value is -2.41. The number of hydrogen-bond acceptors (Lipinski definition) is 3. The molecule has 2 aromatic carbocycles. The minimum Gasteiger partial charge on any atom is -0.465 e. The molecule has 0 saturated carbocycles. The molecule has 0 saturated heterocycles. The van der Waals surface area contributed by atoms with E-state index < -0.39 is 29.8 Å². The van der Waals surface area contributed by atoms with Crippen LogP contribution in [0, 0.1) is 11.6 Å². The average Bonchev–Trinajstić information content (AvgIpc) is 2.94. The lowest BCUT2D eigenvalue weighted by molar-refractivity contribution is 0.157. The van der Waals surface area contributed by atoms with E-state index in [1.165, 1.54) is 42.1 Å². The van der Waals surface area contributed by atoms with Crippen LogP contribution in [0.25, 0.3) is 0 Å². The molecule has 1 N–H and O–H groups in total. The summed E-state index contributed by atoms with van der Waals surface area (Å²) in [6.07, 6.45) is 0.530. The third kappa shape index (κ3) is 2.99. The molecule has 0 bridgehead atoms. The second-order valence-corrected chi connectivity index (χ2v) is 6.04. The van der Waals surface area contributed by atoms with Gasteiger partial charge in [0.2, 0.25) is 0 Å². The topological polar surface area (TPSA) is 52.9 Å². The minimum absolute atomic E-state index is 0.297. The molecule has 1 aliphatic heterocycles. The van der Waals surface area contributed by atoms with Gasteiger partial charge in [0.05, 0.1) is 6.04 Å². The molecule has 4 nitrogen and oxygen atoms in total. The molecule has 0 radical (unpaired) electrons. The number of benzene rings is 2. The Bertz CT molecular complexity index is 813. The fourth-order valence-electron chi connectivity index (χ4n) is 2.83. The predicted octanol–water partition coefficient (Wildman–Crippen LogP) is 4.46. The highest BCUT2D eigenvalue weighted by Gasteiger charge is 2.41. The molecule has 7 heteroatoms. The van der Waals surface area contributed by atoms with Crippen molar-refractivity contribution in [2.75, 3.05) is 6.26 Å². The van der Waals surface area contributed by atoms with E-state index in [1.54, 1.807) is 24.5 Å². The lowest BCUT2D eigenvalue weighted by Crippen LogP contribution is -2.34. The zero-order valence-corrected chi connectivity index (χ0v) is 13.5. The first-order valence-electron chi connectivity index (χ1n) is 7.16. The molecule has 0 aliphatic carbocycles. The van der Waals surface area contributed by atoms with Crippen LogP contribution < -0.4 is 0 Å². The number of amidine groups is 1. The second kappa shape index (κ2) is 6.60. The summed E-state index contributed by atoms with van der Waals surface area (Å²) in [5, 5.41) is 9.90. The normalized spacial score (nSPS) is 20.1. The van der Waals surface area contributed by atoms with E-state index in [4.69, 9.17) is 0 Å². The summed E-state index contributed by atoms with van der Waals surface area (Å²) in [4.78, 5) is 17.3. The molecule has 1 aliphatic rings. The minimum atomic E-state index is -1.18. The van der Waals surface area contributed by atoms with Crippen molar-refractivity contribution in [3.05, 3.63) is 71.3 Å². The van der Waals surface area contributed by atoms with E-state index in [0.717, 1.165) is 4.90 Å². The van der Waals surface area contributed by atoms with Gasteiger partial charge in [0.15, 0.2) is 5.17 Å². The van der Waals surface area contributed by atoms with Gasteiger partial charge in [-0.25, -0.2) is 18.5 Å². The molecule has 124 valence electrons. The van der Waals surface area contributed by atoms with E-state index >= 15 is 0 Å². The fraction of sp³-hybridized carbons (Fsp3) is 0.176. The monoisotopic (exact) mass is 348 g/mol. The first-order valence-corrected chi connectivity index (χ1v) is 8.38. The molecule has 2 aromatic rings. The molecule has 0 spiro atoms. The number of thioether (sulfide) groups is 1. The van der Waals surface area contributed by atoms with E-state index in [-0.39, 0.29) is 0 Å². The van der Waals surface area contributed by atoms with Crippen LogP contribution in [0.3, 0.4) is 0 Å². The van der Waals surface area contributed by atoms with Crippen molar-refractivity contribution in [2.24, 2.45) is 4.99 Å². The maximum atomic E-state index is 13.7. The average molecular weight is 348 g/mol. The van der Waals surface area contributed by atoms with Crippen LogP contribution in [0.1, 0.15) is 23.2 Å². The Labute approximate surface area is 141 Å². The van der Waals surface area contributed by atoms with Crippen molar-refractivity contribution >= 4 is 23.0 Å². The molecule has 0 fully saturated rings. The van der Waals surface area contributed by atoms with Gasteiger partial charge in [-0.15, -0.1) is 0 Å². The Kier molecular flexibility index (Phi) is 4.53. The van der Waals surface area contributed by atoms with E-state index in [9.17, 15) is 18.7 Å². The third-order valence-electron chi connectivity index (χ3n) is 3.80. The van der Waals surface area contributed by atoms with Crippen LogP contribution in [-0.2, 0) is 0 Å². The quantitative estimate of drug-likeness (QED) is 0.872. The van der Waals surface area contributed by atoms with Crippen LogP contribution in [0.4, 0.5) is 13.6 Å². The summed E-state index contributed by atoms with van der Waals surface area (Å²) in [6, 6.07) is 10.2. The number of halogens is 2. The van der Waals surface area contributed by atoms with Crippen molar-refractivity contribution in [3.8, 4) is 0 Å². The summed E-state index contributed by atoms with van der Waals surface area (Å²) < 4.78 is 27.3. The lowest BCUT2D eigenvalue weighted by Gasteiger charge is -2.26.